The molecule has 0 radical (unpaired) electrons. The SMILES string of the molecule is Cc1cc(OCC(=O)N[C@H](C)[C@H]2C[C@@H]3CC[C@@H]2C3)ccc1C(C)C. The Morgan fingerprint density at radius 2 is 2.04 bits per heavy atom. The molecule has 132 valence electrons. The van der Waals surface area contributed by atoms with Crippen LogP contribution in [-0.4, -0.2) is 18.6 Å². The molecule has 0 spiro atoms. The standard InChI is InChI=1S/C21H31NO2/c1-13(2)19-8-7-18(9-14(19)3)24-12-21(23)22-15(4)20-11-16-5-6-17(20)10-16/h7-9,13,15-17,20H,5-6,10-12H2,1-4H3,(H,22,23)/t15-,16-,17-,20-/m1/s1. The predicted molar refractivity (Wildman–Crippen MR) is 97.3 cm³/mol. The second kappa shape index (κ2) is 7.16. The molecular weight excluding hydrogens is 298 g/mol. The van der Waals surface area contributed by atoms with Crippen molar-refractivity contribution in [2.75, 3.05) is 6.61 Å². The van der Waals surface area contributed by atoms with Gasteiger partial charge in [0.25, 0.3) is 5.91 Å². The van der Waals surface area contributed by atoms with Crippen molar-refractivity contribution < 1.29 is 9.53 Å². The molecule has 4 atom stereocenters. The summed E-state index contributed by atoms with van der Waals surface area (Å²) in [6.07, 6.45) is 5.43. The second-order valence-corrected chi connectivity index (χ2v) is 8.16. The lowest BCUT2D eigenvalue weighted by Gasteiger charge is -2.28. The fourth-order valence-corrected chi connectivity index (χ4v) is 4.84. The number of nitrogens with one attached hydrogen (secondary N) is 1. The maximum atomic E-state index is 12.2. The molecule has 2 bridgehead atoms. The molecule has 3 nitrogen and oxygen atoms in total. The fraction of sp³-hybridized carbons (Fsp3) is 0.667. The first-order valence-corrected chi connectivity index (χ1v) is 9.46. The summed E-state index contributed by atoms with van der Waals surface area (Å²) >= 11 is 0. The number of hydrogen-bond donors (Lipinski definition) is 1. The van der Waals surface area contributed by atoms with Gasteiger partial charge in [0, 0.05) is 6.04 Å². The Hall–Kier alpha value is -1.51. The van der Waals surface area contributed by atoms with Crippen molar-refractivity contribution in [2.45, 2.75) is 65.3 Å². The third kappa shape index (κ3) is 3.76. The number of amides is 1. The lowest BCUT2D eigenvalue weighted by atomic mass is 9.84. The summed E-state index contributed by atoms with van der Waals surface area (Å²) in [6, 6.07) is 6.36. The maximum absolute atomic E-state index is 12.2. The van der Waals surface area contributed by atoms with Gasteiger partial charge >= 0.3 is 0 Å². The van der Waals surface area contributed by atoms with Crippen LogP contribution in [0.1, 0.15) is 63.5 Å². The van der Waals surface area contributed by atoms with Crippen LogP contribution >= 0.6 is 0 Å². The monoisotopic (exact) mass is 329 g/mol. The van der Waals surface area contributed by atoms with Gasteiger partial charge in [0.2, 0.25) is 0 Å². The zero-order valence-electron chi connectivity index (χ0n) is 15.5. The van der Waals surface area contributed by atoms with Gasteiger partial charge in [-0.25, -0.2) is 0 Å². The molecule has 1 N–H and O–H groups in total. The maximum Gasteiger partial charge on any atom is 0.258 e. The van der Waals surface area contributed by atoms with Gasteiger partial charge in [-0.15, -0.1) is 0 Å². The molecule has 1 aromatic rings. The van der Waals surface area contributed by atoms with Crippen molar-refractivity contribution in [1.29, 1.82) is 0 Å². The van der Waals surface area contributed by atoms with Gasteiger partial charge in [-0.1, -0.05) is 26.3 Å². The molecule has 0 heterocycles. The van der Waals surface area contributed by atoms with Gasteiger partial charge < -0.3 is 10.1 Å². The van der Waals surface area contributed by atoms with E-state index < -0.39 is 0 Å². The van der Waals surface area contributed by atoms with E-state index in [1.807, 2.05) is 12.1 Å². The first-order valence-electron chi connectivity index (χ1n) is 9.46. The fourth-order valence-electron chi connectivity index (χ4n) is 4.84. The Labute approximate surface area is 146 Å². The predicted octanol–water partition coefficient (Wildman–Crippen LogP) is 4.44. The molecule has 0 unspecified atom stereocenters. The Balaban J connectivity index is 1.48. The van der Waals surface area contributed by atoms with Crippen LogP contribution in [0.15, 0.2) is 18.2 Å². The van der Waals surface area contributed by atoms with E-state index in [1.54, 1.807) is 0 Å². The van der Waals surface area contributed by atoms with Crippen LogP contribution in [0.5, 0.6) is 5.75 Å². The van der Waals surface area contributed by atoms with Crippen molar-refractivity contribution in [3.63, 3.8) is 0 Å². The van der Waals surface area contributed by atoms with Crippen LogP contribution in [0.4, 0.5) is 0 Å². The number of ether oxygens (including phenoxy) is 1. The minimum Gasteiger partial charge on any atom is -0.484 e. The average Bonchev–Trinajstić information content (AvgIpc) is 3.15. The quantitative estimate of drug-likeness (QED) is 0.838. The molecule has 24 heavy (non-hydrogen) atoms. The van der Waals surface area contributed by atoms with Crippen LogP contribution in [-0.2, 0) is 4.79 Å². The van der Waals surface area contributed by atoms with Gasteiger partial charge in [0.15, 0.2) is 6.61 Å². The summed E-state index contributed by atoms with van der Waals surface area (Å²) in [7, 11) is 0. The zero-order valence-corrected chi connectivity index (χ0v) is 15.5. The smallest absolute Gasteiger partial charge is 0.258 e. The van der Waals surface area contributed by atoms with Crippen molar-refractivity contribution in [3.05, 3.63) is 29.3 Å². The molecule has 0 aromatic heterocycles. The lowest BCUT2D eigenvalue weighted by molar-refractivity contribution is -0.124. The molecule has 3 rings (SSSR count). The van der Waals surface area contributed by atoms with Gasteiger partial charge in [-0.2, -0.15) is 0 Å². The molecule has 1 amide bonds. The first kappa shape index (κ1) is 17.3. The van der Waals surface area contributed by atoms with Gasteiger partial charge in [-0.05, 0) is 80.0 Å². The molecular formula is C21H31NO2. The van der Waals surface area contributed by atoms with E-state index in [4.69, 9.17) is 4.74 Å². The van der Waals surface area contributed by atoms with Crippen LogP contribution in [0.3, 0.4) is 0 Å². The largest absolute Gasteiger partial charge is 0.484 e. The number of fused-ring (bicyclic) bond motifs is 2. The van der Waals surface area contributed by atoms with E-state index in [1.165, 1.54) is 36.8 Å². The number of aryl methyl sites for hydroxylation is 1. The number of carbonyl (C=O) groups is 1. The Morgan fingerprint density at radius 1 is 1.25 bits per heavy atom. The summed E-state index contributed by atoms with van der Waals surface area (Å²) in [5.74, 6) is 3.69. The lowest BCUT2D eigenvalue weighted by Crippen LogP contribution is -2.42. The van der Waals surface area contributed by atoms with Crippen LogP contribution in [0.2, 0.25) is 0 Å². The Bertz CT molecular complexity index is 596. The summed E-state index contributed by atoms with van der Waals surface area (Å²) < 4.78 is 5.70. The third-order valence-corrected chi connectivity index (χ3v) is 6.06. The highest BCUT2D eigenvalue weighted by Crippen LogP contribution is 2.49. The van der Waals surface area contributed by atoms with Crippen LogP contribution in [0.25, 0.3) is 0 Å². The average molecular weight is 329 g/mol. The summed E-state index contributed by atoms with van der Waals surface area (Å²) in [5.41, 5.74) is 2.55. The van der Waals surface area contributed by atoms with Crippen LogP contribution in [0, 0.1) is 24.7 Å². The van der Waals surface area contributed by atoms with Crippen molar-refractivity contribution in [3.8, 4) is 5.75 Å². The van der Waals surface area contributed by atoms with Crippen LogP contribution < -0.4 is 10.1 Å². The third-order valence-electron chi connectivity index (χ3n) is 6.06. The Kier molecular flexibility index (Phi) is 5.17. The number of benzene rings is 1. The highest BCUT2D eigenvalue weighted by Gasteiger charge is 2.42. The van der Waals surface area contributed by atoms with E-state index in [0.29, 0.717) is 11.8 Å². The number of hydrogen-bond acceptors (Lipinski definition) is 2. The Morgan fingerprint density at radius 3 is 2.62 bits per heavy atom. The van der Waals surface area contributed by atoms with Crippen molar-refractivity contribution >= 4 is 5.91 Å². The summed E-state index contributed by atoms with van der Waals surface area (Å²) in [6.45, 7) is 8.73. The highest BCUT2D eigenvalue weighted by molar-refractivity contribution is 5.77. The molecule has 2 fully saturated rings. The summed E-state index contributed by atoms with van der Waals surface area (Å²) in [5, 5.41) is 3.16. The molecule has 3 heteroatoms. The first-order chi connectivity index (χ1) is 11.4. The number of rotatable bonds is 6. The van der Waals surface area contributed by atoms with Gasteiger partial charge in [0.1, 0.15) is 5.75 Å². The topological polar surface area (TPSA) is 38.3 Å². The molecule has 0 saturated heterocycles. The van der Waals surface area contributed by atoms with Gasteiger partial charge in [-0.3, -0.25) is 4.79 Å². The number of carbonyl (C=O) groups excluding carboxylic acids is 1. The minimum atomic E-state index is -0.00383. The van der Waals surface area contributed by atoms with Gasteiger partial charge in [0.05, 0.1) is 0 Å². The highest BCUT2D eigenvalue weighted by atomic mass is 16.5. The van der Waals surface area contributed by atoms with E-state index >= 15 is 0 Å². The van der Waals surface area contributed by atoms with Crippen molar-refractivity contribution in [2.24, 2.45) is 17.8 Å². The zero-order chi connectivity index (χ0) is 17.3. The molecule has 1 aromatic carbocycles. The molecule has 2 saturated carbocycles. The molecule has 0 aliphatic heterocycles. The molecule has 2 aliphatic rings. The summed E-state index contributed by atoms with van der Waals surface area (Å²) in [4.78, 5) is 12.2. The van der Waals surface area contributed by atoms with E-state index in [9.17, 15) is 4.79 Å². The van der Waals surface area contributed by atoms with E-state index in [-0.39, 0.29) is 18.6 Å². The normalized spacial score (nSPS) is 26.6. The van der Waals surface area contributed by atoms with Crippen molar-refractivity contribution in [1.82, 2.24) is 5.32 Å². The van der Waals surface area contributed by atoms with E-state index in [2.05, 4.69) is 39.1 Å². The van der Waals surface area contributed by atoms with E-state index in [0.717, 1.165) is 17.6 Å². The second-order valence-electron chi connectivity index (χ2n) is 8.16. The molecule has 2 aliphatic carbocycles. The minimum absolute atomic E-state index is 0.00383.